The van der Waals surface area contributed by atoms with Crippen molar-refractivity contribution in [2.24, 2.45) is 5.92 Å². The normalized spacial score (nSPS) is 22.3. The van der Waals surface area contributed by atoms with Crippen LogP contribution in [0.25, 0.3) is 0 Å². The SMILES string of the molecule is O=C(O)c1ccc(O[C@H]2c3ccccc3C[C@@H]2CN2CCCC2)cc1Cl. The van der Waals surface area contributed by atoms with E-state index in [2.05, 4.69) is 23.1 Å². The molecule has 0 spiro atoms. The third-order valence-electron chi connectivity index (χ3n) is 5.40. The molecule has 5 heteroatoms. The van der Waals surface area contributed by atoms with Gasteiger partial charge in [0.15, 0.2) is 0 Å². The molecule has 1 fully saturated rings. The lowest BCUT2D eigenvalue weighted by Gasteiger charge is -2.26. The first-order valence-corrected chi connectivity index (χ1v) is 9.49. The van der Waals surface area contributed by atoms with Crippen molar-refractivity contribution in [3.05, 3.63) is 64.2 Å². The number of hydrogen-bond donors (Lipinski definition) is 1. The Balaban J connectivity index is 1.58. The average Bonchev–Trinajstić information content (AvgIpc) is 3.24. The van der Waals surface area contributed by atoms with Crippen molar-refractivity contribution >= 4 is 17.6 Å². The van der Waals surface area contributed by atoms with Crippen molar-refractivity contribution in [2.75, 3.05) is 19.6 Å². The first kappa shape index (κ1) is 17.4. The number of carboxylic acid groups (broad SMARTS) is 1. The summed E-state index contributed by atoms with van der Waals surface area (Å²) in [5.74, 6) is -0.0174. The summed E-state index contributed by atoms with van der Waals surface area (Å²) in [5.41, 5.74) is 2.67. The highest BCUT2D eigenvalue weighted by atomic mass is 35.5. The standard InChI is InChI=1S/C21H22ClNO3/c22-19-12-16(7-8-18(19)21(24)25)26-20-15(13-23-9-3-4-10-23)11-14-5-1-2-6-17(14)20/h1-2,5-8,12,15,20H,3-4,9-11,13H2,(H,24,25)/t15-,20-/m1/s1. The molecule has 0 saturated carbocycles. The zero-order valence-corrected chi connectivity index (χ0v) is 15.3. The van der Waals surface area contributed by atoms with Gasteiger partial charge < -0.3 is 14.7 Å². The number of benzene rings is 2. The minimum atomic E-state index is -1.03. The van der Waals surface area contributed by atoms with Crippen molar-refractivity contribution in [1.29, 1.82) is 0 Å². The zero-order valence-electron chi connectivity index (χ0n) is 14.5. The topological polar surface area (TPSA) is 49.8 Å². The van der Waals surface area contributed by atoms with E-state index in [1.54, 1.807) is 12.1 Å². The van der Waals surface area contributed by atoms with Crippen molar-refractivity contribution in [1.82, 2.24) is 4.90 Å². The molecule has 1 heterocycles. The molecule has 4 rings (SSSR count). The molecule has 0 unspecified atom stereocenters. The van der Waals surface area contributed by atoms with Crippen LogP contribution >= 0.6 is 11.6 Å². The summed E-state index contributed by atoms with van der Waals surface area (Å²) < 4.78 is 6.34. The molecule has 1 N–H and O–H groups in total. The Morgan fingerprint density at radius 3 is 2.69 bits per heavy atom. The van der Waals surface area contributed by atoms with Crippen LogP contribution in [-0.2, 0) is 6.42 Å². The molecule has 2 aliphatic rings. The summed E-state index contributed by atoms with van der Waals surface area (Å²) in [7, 11) is 0. The van der Waals surface area contributed by atoms with E-state index in [1.165, 1.54) is 43.1 Å². The Hall–Kier alpha value is -2.04. The number of carbonyl (C=O) groups is 1. The molecule has 1 aliphatic heterocycles. The minimum absolute atomic E-state index is 0.0291. The summed E-state index contributed by atoms with van der Waals surface area (Å²) in [6.07, 6.45) is 3.53. The van der Waals surface area contributed by atoms with Crippen LogP contribution in [0.1, 0.15) is 40.4 Å². The Morgan fingerprint density at radius 1 is 1.19 bits per heavy atom. The molecule has 1 aliphatic carbocycles. The van der Waals surface area contributed by atoms with Crippen LogP contribution in [0.2, 0.25) is 5.02 Å². The lowest BCUT2D eigenvalue weighted by atomic mass is 10.0. The molecule has 0 aromatic heterocycles. The van der Waals surface area contributed by atoms with Gasteiger partial charge in [-0.25, -0.2) is 4.79 Å². The molecule has 2 aromatic carbocycles. The number of halogens is 1. The monoisotopic (exact) mass is 371 g/mol. The molecule has 26 heavy (non-hydrogen) atoms. The molecule has 4 nitrogen and oxygen atoms in total. The van der Waals surface area contributed by atoms with Gasteiger partial charge >= 0.3 is 5.97 Å². The second kappa shape index (κ2) is 7.29. The number of nitrogens with zero attached hydrogens (tertiary/aromatic N) is 1. The first-order valence-electron chi connectivity index (χ1n) is 9.11. The van der Waals surface area contributed by atoms with Gasteiger partial charge in [-0.2, -0.15) is 0 Å². The molecule has 136 valence electrons. The van der Waals surface area contributed by atoms with Crippen LogP contribution < -0.4 is 4.74 Å². The number of likely N-dealkylation sites (tertiary alicyclic amines) is 1. The second-order valence-corrected chi connectivity index (χ2v) is 7.56. The van der Waals surface area contributed by atoms with Crippen molar-refractivity contribution in [3.63, 3.8) is 0 Å². The van der Waals surface area contributed by atoms with E-state index in [0.717, 1.165) is 13.0 Å². The molecular formula is C21H22ClNO3. The number of rotatable bonds is 5. The van der Waals surface area contributed by atoms with E-state index in [4.69, 9.17) is 21.4 Å². The predicted molar refractivity (Wildman–Crippen MR) is 101 cm³/mol. The lowest BCUT2D eigenvalue weighted by molar-refractivity contribution is 0.0697. The third-order valence-corrected chi connectivity index (χ3v) is 5.71. The molecular weight excluding hydrogens is 350 g/mol. The summed E-state index contributed by atoms with van der Waals surface area (Å²) in [4.78, 5) is 13.7. The maximum atomic E-state index is 11.2. The highest BCUT2D eigenvalue weighted by Crippen LogP contribution is 2.40. The van der Waals surface area contributed by atoms with E-state index >= 15 is 0 Å². The van der Waals surface area contributed by atoms with Gasteiger partial charge in [0, 0.05) is 12.5 Å². The fraction of sp³-hybridized carbons (Fsp3) is 0.381. The van der Waals surface area contributed by atoms with Crippen LogP contribution in [-0.4, -0.2) is 35.6 Å². The van der Waals surface area contributed by atoms with Gasteiger partial charge in [0.2, 0.25) is 0 Å². The number of fused-ring (bicyclic) bond motifs is 1. The molecule has 0 bridgehead atoms. The van der Waals surface area contributed by atoms with Crippen LogP contribution in [0, 0.1) is 5.92 Å². The van der Waals surface area contributed by atoms with Gasteiger partial charge in [0.25, 0.3) is 0 Å². The number of aromatic carboxylic acids is 1. The average molecular weight is 372 g/mol. The predicted octanol–water partition coefficient (Wildman–Crippen LogP) is 4.43. The highest BCUT2D eigenvalue weighted by Gasteiger charge is 2.35. The summed E-state index contributed by atoms with van der Waals surface area (Å²) in [6, 6.07) is 13.3. The maximum absolute atomic E-state index is 11.2. The zero-order chi connectivity index (χ0) is 18.1. The van der Waals surface area contributed by atoms with Crippen LogP contribution in [0.15, 0.2) is 42.5 Å². The first-order chi connectivity index (χ1) is 12.6. The highest BCUT2D eigenvalue weighted by molar-refractivity contribution is 6.33. The smallest absolute Gasteiger partial charge is 0.337 e. The number of carboxylic acids is 1. The summed E-state index contributed by atoms with van der Waals surface area (Å²) in [6.45, 7) is 3.36. The van der Waals surface area contributed by atoms with Gasteiger partial charge in [-0.15, -0.1) is 0 Å². The Labute approximate surface area is 158 Å². The molecule has 0 radical (unpaired) electrons. The van der Waals surface area contributed by atoms with Gasteiger partial charge in [0.05, 0.1) is 10.6 Å². The molecule has 0 amide bonds. The van der Waals surface area contributed by atoms with Gasteiger partial charge in [-0.05, 0) is 61.7 Å². The Morgan fingerprint density at radius 2 is 1.96 bits per heavy atom. The van der Waals surface area contributed by atoms with Crippen molar-refractivity contribution in [2.45, 2.75) is 25.4 Å². The van der Waals surface area contributed by atoms with Gasteiger partial charge in [-0.1, -0.05) is 35.9 Å². The van der Waals surface area contributed by atoms with Crippen LogP contribution in [0.4, 0.5) is 0 Å². The van der Waals surface area contributed by atoms with Gasteiger partial charge in [0.1, 0.15) is 11.9 Å². The number of hydrogen-bond acceptors (Lipinski definition) is 3. The van der Waals surface area contributed by atoms with Crippen LogP contribution in [0.5, 0.6) is 5.75 Å². The minimum Gasteiger partial charge on any atom is -0.485 e. The summed E-state index contributed by atoms with van der Waals surface area (Å²) in [5, 5.41) is 9.35. The lowest BCUT2D eigenvalue weighted by Crippen LogP contribution is -2.30. The van der Waals surface area contributed by atoms with Crippen molar-refractivity contribution < 1.29 is 14.6 Å². The molecule has 2 atom stereocenters. The Bertz CT molecular complexity index is 817. The van der Waals surface area contributed by atoms with Crippen LogP contribution in [0.3, 0.4) is 0 Å². The quantitative estimate of drug-likeness (QED) is 0.844. The van der Waals surface area contributed by atoms with E-state index in [9.17, 15) is 4.79 Å². The van der Waals surface area contributed by atoms with E-state index in [1.807, 2.05) is 6.07 Å². The van der Waals surface area contributed by atoms with E-state index in [-0.39, 0.29) is 16.7 Å². The third kappa shape index (κ3) is 3.44. The Kier molecular flexibility index (Phi) is 4.88. The fourth-order valence-electron chi connectivity index (χ4n) is 4.15. The molecule has 2 aromatic rings. The summed E-state index contributed by atoms with van der Waals surface area (Å²) >= 11 is 6.11. The van der Waals surface area contributed by atoms with Gasteiger partial charge in [-0.3, -0.25) is 0 Å². The second-order valence-electron chi connectivity index (χ2n) is 7.16. The number of ether oxygens (including phenoxy) is 1. The fourth-order valence-corrected chi connectivity index (χ4v) is 4.40. The molecule has 1 saturated heterocycles. The largest absolute Gasteiger partial charge is 0.485 e. The van der Waals surface area contributed by atoms with E-state index < -0.39 is 5.97 Å². The van der Waals surface area contributed by atoms with E-state index in [0.29, 0.717) is 11.7 Å². The van der Waals surface area contributed by atoms with Crippen molar-refractivity contribution in [3.8, 4) is 5.75 Å². The maximum Gasteiger partial charge on any atom is 0.337 e.